The van der Waals surface area contributed by atoms with Crippen molar-refractivity contribution in [2.45, 2.75) is 82.7 Å². The smallest absolute Gasteiger partial charge is 0.411 e. The normalized spacial score (nSPS) is 33.3. The molecule has 4 bridgehead atoms. The van der Waals surface area contributed by atoms with E-state index < -0.39 is 6.09 Å². The summed E-state index contributed by atoms with van der Waals surface area (Å²) in [6.45, 7) is 8.52. The summed E-state index contributed by atoms with van der Waals surface area (Å²) >= 11 is 0. The molecule has 2 heterocycles. The van der Waals surface area contributed by atoms with Gasteiger partial charge in [-0.25, -0.2) is 9.59 Å². The first kappa shape index (κ1) is 22.2. The molecule has 0 atom stereocenters. The monoisotopic (exact) mass is 465 g/mol. The Morgan fingerprint density at radius 3 is 2.12 bits per heavy atom. The third-order valence-corrected chi connectivity index (χ3v) is 9.85. The van der Waals surface area contributed by atoms with Crippen molar-refractivity contribution in [1.29, 1.82) is 0 Å². The molecule has 184 valence electrons. The van der Waals surface area contributed by atoms with Crippen LogP contribution >= 0.6 is 0 Å². The van der Waals surface area contributed by atoms with E-state index in [1.54, 1.807) is 0 Å². The summed E-state index contributed by atoms with van der Waals surface area (Å²) in [5, 5.41) is 9.78. The Balaban J connectivity index is 1.22. The van der Waals surface area contributed by atoms with Gasteiger partial charge in [-0.2, -0.15) is 0 Å². The van der Waals surface area contributed by atoms with Gasteiger partial charge < -0.3 is 14.9 Å². The van der Waals surface area contributed by atoms with Crippen LogP contribution in [0, 0.1) is 23.7 Å². The molecule has 7 rings (SSSR count). The molecule has 1 spiro atoms. The van der Waals surface area contributed by atoms with Crippen LogP contribution < -0.4 is 4.90 Å². The van der Waals surface area contributed by atoms with Crippen LogP contribution in [-0.2, 0) is 5.41 Å². The molecule has 34 heavy (non-hydrogen) atoms. The second-order valence-electron chi connectivity index (χ2n) is 12.9. The van der Waals surface area contributed by atoms with Gasteiger partial charge in [0.1, 0.15) is 0 Å². The Hall–Kier alpha value is -2.24. The van der Waals surface area contributed by atoms with Crippen molar-refractivity contribution in [1.82, 2.24) is 9.80 Å². The maximum atomic E-state index is 14.1. The largest absolute Gasteiger partial charge is 0.465 e. The highest BCUT2D eigenvalue weighted by Crippen LogP contribution is 2.56. The van der Waals surface area contributed by atoms with Crippen LogP contribution in [-0.4, -0.2) is 58.2 Å². The van der Waals surface area contributed by atoms with Crippen LogP contribution in [0.4, 0.5) is 15.3 Å². The Labute approximate surface area is 203 Å². The highest BCUT2D eigenvalue weighted by molar-refractivity contribution is 5.90. The molecule has 0 aromatic heterocycles. The maximum Gasteiger partial charge on any atom is 0.411 e. The highest BCUT2D eigenvalue weighted by atomic mass is 16.4. The van der Waals surface area contributed by atoms with Gasteiger partial charge in [0.2, 0.25) is 0 Å². The second-order valence-corrected chi connectivity index (χ2v) is 12.9. The van der Waals surface area contributed by atoms with Crippen LogP contribution in [0.15, 0.2) is 24.3 Å². The summed E-state index contributed by atoms with van der Waals surface area (Å²) in [4.78, 5) is 31.9. The van der Waals surface area contributed by atoms with E-state index in [-0.39, 0.29) is 17.0 Å². The van der Waals surface area contributed by atoms with Gasteiger partial charge in [0, 0.05) is 36.6 Å². The second kappa shape index (κ2) is 7.63. The Bertz CT molecular complexity index is 963. The summed E-state index contributed by atoms with van der Waals surface area (Å²) in [5.74, 6) is 3.12. The summed E-state index contributed by atoms with van der Waals surface area (Å²) < 4.78 is 0. The van der Waals surface area contributed by atoms with Gasteiger partial charge in [-0.1, -0.05) is 18.2 Å². The average Bonchev–Trinajstić information content (AvgIpc) is 3.09. The van der Waals surface area contributed by atoms with Gasteiger partial charge in [0.15, 0.2) is 0 Å². The number of carbonyl (C=O) groups excluding carboxylic acids is 1. The predicted molar refractivity (Wildman–Crippen MR) is 132 cm³/mol. The van der Waals surface area contributed by atoms with Crippen molar-refractivity contribution in [3.63, 3.8) is 0 Å². The number of urea groups is 1. The van der Waals surface area contributed by atoms with Crippen LogP contribution in [0.1, 0.15) is 71.3 Å². The van der Waals surface area contributed by atoms with E-state index in [1.807, 2.05) is 18.2 Å². The first-order chi connectivity index (χ1) is 16.2. The summed E-state index contributed by atoms with van der Waals surface area (Å²) in [6.07, 6.45) is 7.41. The molecule has 1 N–H and O–H groups in total. The fourth-order valence-corrected chi connectivity index (χ4v) is 8.69. The number of nitrogens with zero attached hydrogens (tertiary/aromatic N) is 3. The molecule has 6 nitrogen and oxygen atoms in total. The zero-order valence-corrected chi connectivity index (χ0v) is 20.9. The predicted octanol–water partition coefficient (Wildman–Crippen LogP) is 5.56. The molecule has 4 aliphatic carbocycles. The number of piperidine rings is 1. The summed E-state index contributed by atoms with van der Waals surface area (Å²) in [6, 6.07) is 8.53. The molecule has 2 aliphatic heterocycles. The van der Waals surface area contributed by atoms with E-state index in [0.29, 0.717) is 37.5 Å². The average molecular weight is 466 g/mol. The molecule has 1 aromatic carbocycles. The minimum absolute atomic E-state index is 0.180. The molecule has 1 saturated heterocycles. The van der Waals surface area contributed by atoms with E-state index in [9.17, 15) is 14.7 Å². The van der Waals surface area contributed by atoms with Gasteiger partial charge in [-0.3, -0.25) is 4.90 Å². The molecule has 6 aliphatic rings. The lowest BCUT2D eigenvalue weighted by molar-refractivity contribution is -0.0781. The minimum Gasteiger partial charge on any atom is -0.465 e. The van der Waals surface area contributed by atoms with Crippen molar-refractivity contribution < 1.29 is 14.7 Å². The van der Waals surface area contributed by atoms with Gasteiger partial charge in [0.05, 0.1) is 5.69 Å². The highest BCUT2D eigenvalue weighted by Gasteiger charge is 2.54. The van der Waals surface area contributed by atoms with E-state index in [0.717, 1.165) is 35.9 Å². The Kier molecular flexibility index (Phi) is 4.99. The van der Waals surface area contributed by atoms with Gasteiger partial charge in [-0.15, -0.1) is 0 Å². The third-order valence-electron chi connectivity index (χ3n) is 9.85. The number of amides is 3. The first-order valence-electron chi connectivity index (χ1n) is 13.3. The Morgan fingerprint density at radius 2 is 1.56 bits per heavy atom. The maximum absolute atomic E-state index is 14.1. The van der Waals surface area contributed by atoms with Crippen LogP contribution in [0.2, 0.25) is 0 Å². The van der Waals surface area contributed by atoms with E-state index in [2.05, 4.69) is 36.6 Å². The number of para-hydroxylation sites is 1. The van der Waals surface area contributed by atoms with E-state index >= 15 is 0 Å². The van der Waals surface area contributed by atoms with Crippen LogP contribution in [0.3, 0.4) is 0 Å². The molecule has 1 aromatic rings. The van der Waals surface area contributed by atoms with Crippen molar-refractivity contribution >= 4 is 17.8 Å². The summed E-state index contributed by atoms with van der Waals surface area (Å²) in [7, 11) is 0. The third kappa shape index (κ3) is 3.35. The van der Waals surface area contributed by atoms with Crippen molar-refractivity contribution in [2.24, 2.45) is 23.7 Å². The lowest BCUT2D eigenvalue weighted by Crippen LogP contribution is -2.65. The molecular weight excluding hydrogens is 426 g/mol. The van der Waals surface area contributed by atoms with Crippen molar-refractivity contribution in [3.8, 4) is 0 Å². The van der Waals surface area contributed by atoms with Crippen LogP contribution in [0.25, 0.3) is 0 Å². The number of hydrogen-bond acceptors (Lipinski definition) is 2. The van der Waals surface area contributed by atoms with Crippen molar-refractivity contribution in [2.75, 3.05) is 24.5 Å². The van der Waals surface area contributed by atoms with Crippen molar-refractivity contribution in [3.05, 3.63) is 29.8 Å². The first-order valence-corrected chi connectivity index (χ1v) is 13.3. The molecule has 3 amide bonds. The van der Waals surface area contributed by atoms with E-state index in [4.69, 9.17) is 0 Å². The lowest BCUT2D eigenvalue weighted by atomic mass is 9.53. The SMILES string of the molecule is CC(C)(C)N(C(=O)N1CCC2(CC1)CN(C(=O)O)c1ccccc12)C1C2CC3CC(C2)CC1C3. The minimum atomic E-state index is -0.886. The number of benzene rings is 1. The topological polar surface area (TPSA) is 64.1 Å². The number of carbonyl (C=O) groups is 2. The zero-order chi connectivity index (χ0) is 23.8. The fraction of sp³-hybridized carbons (Fsp3) is 0.714. The molecule has 6 heteroatoms. The number of likely N-dealkylation sites (tertiary alicyclic amines) is 1. The number of fused-ring (bicyclic) bond motifs is 2. The number of rotatable bonds is 1. The number of carboxylic acid groups (broad SMARTS) is 1. The zero-order valence-electron chi connectivity index (χ0n) is 20.9. The Morgan fingerprint density at radius 1 is 0.971 bits per heavy atom. The lowest BCUT2D eigenvalue weighted by Gasteiger charge is -2.60. The van der Waals surface area contributed by atoms with Gasteiger partial charge in [0.25, 0.3) is 0 Å². The van der Waals surface area contributed by atoms with E-state index in [1.165, 1.54) is 37.0 Å². The van der Waals surface area contributed by atoms with Gasteiger partial charge in [-0.05, 0) is 101 Å². The standard InChI is InChI=1S/C28H39N3O3/c1-27(2,3)31(24-20-13-18-12-19(15-20)16-21(24)14-18)25(32)29-10-8-28(9-11-29)17-30(26(33)34)23-7-5-4-6-22(23)28/h4-7,18-21,24H,8-17H2,1-3H3,(H,33,34). The van der Waals surface area contributed by atoms with Gasteiger partial charge >= 0.3 is 12.1 Å². The summed E-state index contributed by atoms with van der Waals surface area (Å²) in [5.41, 5.74) is 1.57. The number of hydrogen-bond donors (Lipinski definition) is 1. The molecule has 4 saturated carbocycles. The van der Waals surface area contributed by atoms with Crippen LogP contribution in [0.5, 0.6) is 0 Å². The molecule has 5 fully saturated rings. The molecule has 0 unspecified atom stereocenters. The quantitative estimate of drug-likeness (QED) is 0.590. The molecule has 0 radical (unpaired) electrons. The number of anilines is 1. The molecular formula is C28H39N3O3. The fourth-order valence-electron chi connectivity index (χ4n) is 8.69.